The van der Waals surface area contributed by atoms with Gasteiger partial charge in [-0.15, -0.1) is 0 Å². The van der Waals surface area contributed by atoms with E-state index in [0.29, 0.717) is 5.56 Å². The van der Waals surface area contributed by atoms with Crippen LogP contribution in [0.15, 0.2) is 66.9 Å². The van der Waals surface area contributed by atoms with Gasteiger partial charge in [0, 0.05) is 11.8 Å². The number of hydrogen-bond donors (Lipinski definition) is 0. The molecule has 0 amide bonds. The quantitative estimate of drug-likeness (QED) is 0.0768. The Balaban J connectivity index is 1.20. The van der Waals surface area contributed by atoms with Gasteiger partial charge in [-0.25, -0.2) is 9.59 Å². The number of alkyl halides is 3. The van der Waals surface area contributed by atoms with E-state index in [1.165, 1.54) is 94.0 Å². The number of aryl methyl sites for hydroxylation is 1. The van der Waals surface area contributed by atoms with Crippen molar-refractivity contribution in [1.29, 1.82) is 0 Å². The van der Waals surface area contributed by atoms with Gasteiger partial charge in [0.2, 0.25) is 0 Å². The zero-order chi connectivity index (χ0) is 34.2. The Morgan fingerprint density at radius 1 is 0.750 bits per heavy atom. The molecule has 2 aromatic carbocycles. The van der Waals surface area contributed by atoms with Gasteiger partial charge in [0.15, 0.2) is 6.10 Å². The number of ether oxygens (including phenoxy) is 2. The lowest BCUT2D eigenvalue weighted by molar-refractivity contribution is -0.209. The third kappa shape index (κ3) is 12.4. The topological polar surface area (TPSA) is 65.5 Å². The Kier molecular flexibility index (Phi) is 15.0. The van der Waals surface area contributed by atoms with Crippen molar-refractivity contribution in [3.05, 3.63) is 83.6 Å². The number of halogens is 3. The van der Waals surface area contributed by atoms with Gasteiger partial charge >= 0.3 is 18.1 Å². The van der Waals surface area contributed by atoms with E-state index in [0.717, 1.165) is 49.8 Å². The van der Waals surface area contributed by atoms with Crippen LogP contribution in [0.25, 0.3) is 11.3 Å². The van der Waals surface area contributed by atoms with Crippen LogP contribution in [0.2, 0.25) is 0 Å². The summed E-state index contributed by atoms with van der Waals surface area (Å²) in [7, 11) is 0. The zero-order valence-corrected chi connectivity index (χ0v) is 28.2. The number of benzene rings is 2. The van der Waals surface area contributed by atoms with Crippen molar-refractivity contribution in [3.63, 3.8) is 0 Å². The Bertz CT molecular complexity index is 1380. The van der Waals surface area contributed by atoms with Crippen molar-refractivity contribution in [2.24, 2.45) is 5.92 Å². The van der Waals surface area contributed by atoms with Crippen LogP contribution < -0.4 is 4.74 Å². The fourth-order valence-electron chi connectivity index (χ4n) is 6.33. The number of esters is 2. The van der Waals surface area contributed by atoms with Crippen LogP contribution in [0.3, 0.4) is 0 Å². The molecule has 0 spiro atoms. The molecule has 1 fully saturated rings. The lowest BCUT2D eigenvalue weighted by Gasteiger charge is -2.27. The van der Waals surface area contributed by atoms with E-state index in [1.54, 1.807) is 12.1 Å². The van der Waals surface area contributed by atoms with Crippen molar-refractivity contribution in [2.75, 3.05) is 0 Å². The summed E-state index contributed by atoms with van der Waals surface area (Å²) >= 11 is 0. The van der Waals surface area contributed by atoms with Crippen LogP contribution >= 0.6 is 0 Å². The minimum Gasteiger partial charge on any atom is -0.449 e. The number of nitrogens with zero attached hydrogens (tertiary/aromatic N) is 1. The van der Waals surface area contributed by atoms with E-state index >= 15 is 0 Å². The second-order valence-corrected chi connectivity index (χ2v) is 13.2. The number of rotatable bonds is 18. The average Bonchev–Trinajstić information content (AvgIpc) is 3.09. The van der Waals surface area contributed by atoms with Crippen molar-refractivity contribution in [3.8, 4) is 17.0 Å². The summed E-state index contributed by atoms with van der Waals surface area (Å²) in [5.41, 5.74) is 3.20. The van der Waals surface area contributed by atoms with Gasteiger partial charge in [0.1, 0.15) is 5.75 Å². The fraction of sp³-hybridized carbons (Fsp3) is 0.525. The van der Waals surface area contributed by atoms with E-state index < -0.39 is 24.2 Å². The van der Waals surface area contributed by atoms with Crippen LogP contribution in [0.1, 0.15) is 136 Å². The van der Waals surface area contributed by atoms with Gasteiger partial charge in [-0.1, -0.05) is 115 Å². The molecule has 1 saturated carbocycles. The molecule has 0 N–H and O–H groups in total. The molecule has 4 rings (SSSR count). The number of carbonyl (C=O) groups is 2. The molecule has 0 aliphatic heterocycles. The summed E-state index contributed by atoms with van der Waals surface area (Å²) in [5, 5.41) is 0. The van der Waals surface area contributed by atoms with Crippen molar-refractivity contribution < 1.29 is 32.2 Å². The first-order chi connectivity index (χ1) is 23.2. The van der Waals surface area contributed by atoms with Gasteiger partial charge in [-0.3, -0.25) is 4.98 Å². The molecule has 1 aliphatic rings. The van der Waals surface area contributed by atoms with Gasteiger partial charge in [-0.2, -0.15) is 13.2 Å². The van der Waals surface area contributed by atoms with Crippen LogP contribution in [0.4, 0.5) is 13.2 Å². The van der Waals surface area contributed by atoms with E-state index in [9.17, 15) is 22.8 Å². The number of pyridine rings is 1. The molecule has 8 heteroatoms. The minimum atomic E-state index is -4.64. The zero-order valence-electron chi connectivity index (χ0n) is 28.2. The summed E-state index contributed by atoms with van der Waals surface area (Å²) in [6.07, 6.45) is 13.3. The summed E-state index contributed by atoms with van der Waals surface area (Å²) in [6.45, 7) is 2.25. The van der Waals surface area contributed by atoms with Gasteiger partial charge < -0.3 is 9.47 Å². The maximum Gasteiger partial charge on any atom is 0.425 e. The predicted molar refractivity (Wildman–Crippen MR) is 183 cm³/mol. The highest BCUT2D eigenvalue weighted by Gasteiger charge is 2.44. The van der Waals surface area contributed by atoms with Crippen LogP contribution in [-0.4, -0.2) is 29.2 Å². The molecule has 5 nitrogen and oxygen atoms in total. The van der Waals surface area contributed by atoms with Crippen molar-refractivity contribution in [1.82, 2.24) is 4.98 Å². The van der Waals surface area contributed by atoms with Crippen LogP contribution in [0.5, 0.6) is 5.75 Å². The SMILES string of the molecule is CCCCCCCCCCCCc1ccc(-c2ccc(C(=O)Oc3ccc(C(=O)OC(CC4CCCCC4)C(F)(F)F)cc3)cc2)nc1. The smallest absolute Gasteiger partial charge is 0.425 e. The van der Waals surface area contributed by atoms with Crippen LogP contribution in [0, 0.1) is 5.92 Å². The molecular formula is C40H50F3NO4. The maximum absolute atomic E-state index is 13.6. The Morgan fingerprint density at radius 2 is 1.33 bits per heavy atom. The normalized spacial score (nSPS) is 14.4. The lowest BCUT2D eigenvalue weighted by Crippen LogP contribution is -2.36. The summed E-state index contributed by atoms with van der Waals surface area (Å²) in [5.74, 6) is -1.59. The first-order valence-corrected chi connectivity index (χ1v) is 17.9. The number of carbonyl (C=O) groups excluding carboxylic acids is 2. The molecule has 1 aliphatic carbocycles. The predicted octanol–water partition coefficient (Wildman–Crippen LogP) is 11.5. The van der Waals surface area contributed by atoms with Gasteiger partial charge in [0.05, 0.1) is 16.8 Å². The molecule has 260 valence electrons. The standard InChI is InChI=1S/C40H50F3NO4/c1-2-3-4-5-6-7-8-9-10-12-17-31-18-27-36(44-29-31)32-19-21-33(22-20-32)38(45)47-35-25-23-34(24-26-35)39(46)48-37(40(41,42)43)28-30-15-13-11-14-16-30/h18-27,29-30,37H,2-17,28H2,1H3. The number of aromatic nitrogens is 1. The third-order valence-electron chi connectivity index (χ3n) is 9.25. The molecule has 0 radical (unpaired) electrons. The summed E-state index contributed by atoms with van der Waals surface area (Å²) < 4.78 is 51.2. The molecule has 3 aromatic rings. The lowest BCUT2D eigenvalue weighted by atomic mass is 9.85. The summed E-state index contributed by atoms with van der Waals surface area (Å²) in [6, 6.07) is 16.4. The maximum atomic E-state index is 13.6. The fourth-order valence-corrected chi connectivity index (χ4v) is 6.33. The highest BCUT2D eigenvalue weighted by molar-refractivity contribution is 5.92. The minimum absolute atomic E-state index is 0.0425. The van der Waals surface area contributed by atoms with E-state index in [2.05, 4.69) is 18.0 Å². The average molecular weight is 666 g/mol. The number of hydrogen-bond acceptors (Lipinski definition) is 5. The van der Waals surface area contributed by atoms with E-state index in [1.807, 2.05) is 24.4 Å². The molecular weight excluding hydrogens is 615 g/mol. The van der Waals surface area contributed by atoms with Gasteiger partial charge in [-0.05, 0) is 73.2 Å². The Labute approximate surface area is 283 Å². The molecule has 0 bridgehead atoms. The first kappa shape index (κ1) is 37.1. The second kappa shape index (κ2) is 19.4. The third-order valence-corrected chi connectivity index (χ3v) is 9.25. The first-order valence-electron chi connectivity index (χ1n) is 17.9. The molecule has 1 aromatic heterocycles. The van der Waals surface area contributed by atoms with Crippen molar-refractivity contribution in [2.45, 2.75) is 128 Å². The van der Waals surface area contributed by atoms with E-state index in [-0.39, 0.29) is 23.7 Å². The highest BCUT2D eigenvalue weighted by Crippen LogP contribution is 2.34. The van der Waals surface area contributed by atoms with Crippen molar-refractivity contribution >= 4 is 11.9 Å². The molecule has 1 unspecified atom stereocenters. The molecule has 1 atom stereocenters. The second-order valence-electron chi connectivity index (χ2n) is 13.2. The molecule has 48 heavy (non-hydrogen) atoms. The highest BCUT2D eigenvalue weighted by atomic mass is 19.4. The molecule has 0 saturated heterocycles. The van der Waals surface area contributed by atoms with E-state index in [4.69, 9.17) is 9.47 Å². The van der Waals surface area contributed by atoms with Gasteiger partial charge in [0.25, 0.3) is 0 Å². The summed E-state index contributed by atoms with van der Waals surface area (Å²) in [4.78, 5) is 29.9. The van der Waals surface area contributed by atoms with Crippen LogP contribution in [-0.2, 0) is 11.2 Å². The molecule has 1 heterocycles. The Morgan fingerprint density at radius 3 is 1.92 bits per heavy atom. The Hall–Kier alpha value is -3.68. The largest absolute Gasteiger partial charge is 0.449 e. The number of unbranched alkanes of at least 4 members (excludes halogenated alkanes) is 9. The monoisotopic (exact) mass is 665 g/mol.